The molecule has 0 aromatic carbocycles. The Balaban J connectivity index is 2.58. The summed E-state index contributed by atoms with van der Waals surface area (Å²) < 4.78 is 0.884. The van der Waals surface area contributed by atoms with Gasteiger partial charge in [-0.05, 0) is 22.0 Å². The monoisotopic (exact) mass is 193 g/mol. The van der Waals surface area contributed by atoms with E-state index in [9.17, 15) is 0 Å². The molecule has 1 aliphatic heterocycles. The van der Waals surface area contributed by atoms with Crippen molar-refractivity contribution in [3.05, 3.63) is 12.2 Å². The number of dihydropyridines is 1. The first kappa shape index (κ1) is 6.30. The van der Waals surface area contributed by atoms with Crippen LogP contribution >= 0.6 is 27.5 Å². The SMILES string of the molecule is ClC1C=CC(Br)=NC1. The third kappa shape index (κ3) is 1.60. The molecule has 44 valence electrons. The number of aliphatic imine (C=N–C) groups is 1. The van der Waals surface area contributed by atoms with Crippen molar-refractivity contribution >= 4 is 32.2 Å². The summed E-state index contributed by atoms with van der Waals surface area (Å²) in [7, 11) is 0. The molecule has 0 saturated carbocycles. The molecule has 0 spiro atoms. The molecular weight excluding hydrogens is 189 g/mol. The fourth-order valence-corrected chi connectivity index (χ4v) is 0.911. The second-order valence-electron chi connectivity index (χ2n) is 1.54. The number of hydrogen-bond acceptors (Lipinski definition) is 1. The Bertz CT molecular complexity index is 141. The second-order valence-corrected chi connectivity index (χ2v) is 2.91. The van der Waals surface area contributed by atoms with Crippen LogP contribution in [-0.4, -0.2) is 16.5 Å². The number of rotatable bonds is 0. The van der Waals surface area contributed by atoms with Gasteiger partial charge in [0.25, 0.3) is 0 Å². The normalized spacial score (nSPS) is 27.8. The van der Waals surface area contributed by atoms with Crippen LogP contribution in [0.5, 0.6) is 0 Å². The average molecular weight is 194 g/mol. The lowest BCUT2D eigenvalue weighted by Crippen LogP contribution is -2.04. The van der Waals surface area contributed by atoms with Crippen LogP contribution < -0.4 is 0 Å². The van der Waals surface area contributed by atoms with Gasteiger partial charge in [0.2, 0.25) is 0 Å². The van der Waals surface area contributed by atoms with Crippen LogP contribution in [0, 0.1) is 0 Å². The van der Waals surface area contributed by atoms with Crippen LogP contribution in [0.25, 0.3) is 0 Å². The van der Waals surface area contributed by atoms with Crippen LogP contribution in [0.3, 0.4) is 0 Å². The Morgan fingerprint density at radius 2 is 2.62 bits per heavy atom. The summed E-state index contributed by atoms with van der Waals surface area (Å²) in [6, 6.07) is 0. The molecule has 8 heavy (non-hydrogen) atoms. The maximum Gasteiger partial charge on any atom is 0.0998 e. The fraction of sp³-hybridized carbons (Fsp3) is 0.400. The van der Waals surface area contributed by atoms with Crippen molar-refractivity contribution in [3.63, 3.8) is 0 Å². The average Bonchev–Trinajstić information content (AvgIpc) is 1.77. The summed E-state index contributed by atoms with van der Waals surface area (Å²) in [5.74, 6) is 0. The molecule has 0 aromatic rings. The molecule has 0 N–H and O–H groups in total. The minimum absolute atomic E-state index is 0.0938. The van der Waals surface area contributed by atoms with E-state index in [-0.39, 0.29) is 5.38 Å². The summed E-state index contributed by atoms with van der Waals surface area (Å²) in [6.07, 6.45) is 3.78. The lowest BCUT2D eigenvalue weighted by atomic mass is 10.3. The molecule has 0 fully saturated rings. The van der Waals surface area contributed by atoms with Crippen molar-refractivity contribution in [3.8, 4) is 0 Å². The van der Waals surface area contributed by atoms with E-state index in [1.807, 2.05) is 12.2 Å². The molecule has 0 saturated heterocycles. The molecule has 1 unspecified atom stereocenters. The van der Waals surface area contributed by atoms with Crippen LogP contribution in [0.4, 0.5) is 0 Å². The minimum Gasteiger partial charge on any atom is -0.276 e. The largest absolute Gasteiger partial charge is 0.276 e. The highest BCUT2D eigenvalue weighted by molar-refractivity contribution is 9.18. The third-order valence-corrected chi connectivity index (χ3v) is 1.66. The predicted octanol–water partition coefficient (Wildman–Crippen LogP) is 1.96. The minimum atomic E-state index is 0.0938. The number of alkyl halides is 1. The summed E-state index contributed by atoms with van der Waals surface area (Å²) in [4.78, 5) is 4.03. The van der Waals surface area contributed by atoms with Gasteiger partial charge < -0.3 is 0 Å². The second kappa shape index (κ2) is 2.65. The highest BCUT2D eigenvalue weighted by atomic mass is 79.9. The first-order chi connectivity index (χ1) is 3.79. The van der Waals surface area contributed by atoms with Crippen LogP contribution in [0.2, 0.25) is 0 Å². The zero-order valence-corrected chi connectivity index (χ0v) is 6.48. The van der Waals surface area contributed by atoms with E-state index >= 15 is 0 Å². The van der Waals surface area contributed by atoms with Crippen molar-refractivity contribution in [1.82, 2.24) is 0 Å². The lowest BCUT2D eigenvalue weighted by molar-refractivity contribution is 1.01. The van der Waals surface area contributed by atoms with E-state index in [4.69, 9.17) is 11.6 Å². The molecule has 1 atom stereocenters. The summed E-state index contributed by atoms with van der Waals surface area (Å²) >= 11 is 8.89. The zero-order valence-electron chi connectivity index (χ0n) is 4.14. The first-order valence-electron chi connectivity index (χ1n) is 2.31. The highest BCUT2D eigenvalue weighted by Gasteiger charge is 2.02. The van der Waals surface area contributed by atoms with Gasteiger partial charge in [-0.25, -0.2) is 0 Å². The first-order valence-corrected chi connectivity index (χ1v) is 3.54. The van der Waals surface area contributed by atoms with Crippen molar-refractivity contribution in [1.29, 1.82) is 0 Å². The maximum absolute atomic E-state index is 5.67. The van der Waals surface area contributed by atoms with Gasteiger partial charge in [-0.15, -0.1) is 11.6 Å². The number of hydrogen-bond donors (Lipinski definition) is 0. The van der Waals surface area contributed by atoms with E-state index < -0.39 is 0 Å². The summed E-state index contributed by atoms with van der Waals surface area (Å²) in [5, 5.41) is 0.0938. The summed E-state index contributed by atoms with van der Waals surface area (Å²) in [6.45, 7) is 0.693. The maximum atomic E-state index is 5.67. The Morgan fingerprint density at radius 1 is 1.88 bits per heavy atom. The topological polar surface area (TPSA) is 12.4 Å². The van der Waals surface area contributed by atoms with Gasteiger partial charge in [0, 0.05) is 0 Å². The quantitative estimate of drug-likeness (QED) is 0.523. The van der Waals surface area contributed by atoms with Crippen LogP contribution in [-0.2, 0) is 0 Å². The van der Waals surface area contributed by atoms with Crippen LogP contribution in [0.1, 0.15) is 0 Å². The van der Waals surface area contributed by atoms with Crippen molar-refractivity contribution in [2.45, 2.75) is 5.38 Å². The van der Waals surface area contributed by atoms with Crippen molar-refractivity contribution in [2.75, 3.05) is 6.54 Å². The van der Waals surface area contributed by atoms with Gasteiger partial charge >= 0.3 is 0 Å². The van der Waals surface area contributed by atoms with Gasteiger partial charge in [0.05, 0.1) is 16.5 Å². The molecule has 0 radical (unpaired) electrons. The smallest absolute Gasteiger partial charge is 0.0998 e. The van der Waals surface area contributed by atoms with Crippen molar-refractivity contribution in [2.24, 2.45) is 4.99 Å². The number of allylic oxidation sites excluding steroid dienone is 1. The zero-order chi connectivity index (χ0) is 5.98. The van der Waals surface area contributed by atoms with E-state index in [1.165, 1.54) is 0 Å². The Morgan fingerprint density at radius 3 is 3.00 bits per heavy atom. The molecule has 0 amide bonds. The molecule has 3 heteroatoms. The molecule has 0 aliphatic carbocycles. The van der Waals surface area contributed by atoms with E-state index in [2.05, 4.69) is 20.9 Å². The third-order valence-electron chi connectivity index (χ3n) is 0.859. The molecule has 0 aromatic heterocycles. The number of nitrogens with zero attached hydrogens (tertiary/aromatic N) is 1. The Hall–Kier alpha value is 0.180. The van der Waals surface area contributed by atoms with E-state index in [1.54, 1.807) is 0 Å². The molecular formula is C5H5BrClN. The van der Waals surface area contributed by atoms with Gasteiger partial charge in [-0.3, -0.25) is 4.99 Å². The molecule has 1 nitrogen and oxygen atoms in total. The molecule has 1 rings (SSSR count). The van der Waals surface area contributed by atoms with Gasteiger partial charge in [-0.2, -0.15) is 0 Å². The lowest BCUT2D eigenvalue weighted by Gasteiger charge is -2.03. The molecule has 1 heterocycles. The molecule has 1 aliphatic rings. The van der Waals surface area contributed by atoms with E-state index in [0.717, 1.165) is 4.62 Å². The fourth-order valence-electron chi connectivity index (χ4n) is 0.472. The van der Waals surface area contributed by atoms with Gasteiger partial charge in [0.1, 0.15) is 0 Å². The van der Waals surface area contributed by atoms with Gasteiger partial charge in [-0.1, -0.05) is 6.08 Å². The highest BCUT2D eigenvalue weighted by Crippen LogP contribution is 2.07. The van der Waals surface area contributed by atoms with E-state index in [0.29, 0.717) is 6.54 Å². The summed E-state index contributed by atoms with van der Waals surface area (Å²) in [5.41, 5.74) is 0. The Labute approximate surface area is 61.6 Å². The van der Waals surface area contributed by atoms with Crippen molar-refractivity contribution < 1.29 is 0 Å². The predicted molar refractivity (Wildman–Crippen MR) is 40.0 cm³/mol. The van der Waals surface area contributed by atoms with Crippen LogP contribution in [0.15, 0.2) is 17.1 Å². The Kier molecular flexibility index (Phi) is 2.08. The van der Waals surface area contributed by atoms with Gasteiger partial charge in [0.15, 0.2) is 0 Å². The molecule has 0 bridgehead atoms. The standard InChI is InChI=1S/C5H5BrClN/c6-5-2-1-4(7)3-8-5/h1-2,4H,3H2. The number of halogens is 2.